The first kappa shape index (κ1) is 19.5. The fraction of sp³-hybridized carbons (Fsp3) is 0.350. The maximum absolute atomic E-state index is 12.6. The lowest BCUT2D eigenvalue weighted by molar-refractivity contribution is 0.0698. The average molecular weight is 384 g/mol. The molecule has 1 aromatic carbocycles. The van der Waals surface area contributed by atoms with E-state index in [4.69, 9.17) is 10.2 Å². The fourth-order valence-corrected chi connectivity index (χ4v) is 3.37. The zero-order valence-electron chi connectivity index (χ0n) is 16.0. The predicted molar refractivity (Wildman–Crippen MR) is 104 cm³/mol. The molecule has 4 N–H and O–H groups in total. The molecule has 0 radical (unpaired) electrons. The van der Waals surface area contributed by atoms with Crippen LogP contribution in [0.2, 0.25) is 0 Å². The maximum atomic E-state index is 12.6. The molecule has 148 valence electrons. The number of anilines is 1. The quantitative estimate of drug-likeness (QED) is 0.750. The van der Waals surface area contributed by atoms with E-state index in [0.717, 1.165) is 0 Å². The van der Waals surface area contributed by atoms with Gasteiger partial charge in [-0.3, -0.25) is 9.59 Å². The number of furan rings is 1. The lowest BCUT2D eigenvalue weighted by Gasteiger charge is -2.32. The third-order valence-corrected chi connectivity index (χ3v) is 4.80. The largest absolute Gasteiger partial charge is 0.466 e. The van der Waals surface area contributed by atoms with Crippen molar-refractivity contribution in [3.8, 4) is 0 Å². The number of piperidine rings is 1. The van der Waals surface area contributed by atoms with E-state index >= 15 is 0 Å². The second-order valence-electron chi connectivity index (χ2n) is 6.93. The minimum atomic E-state index is -0.649. The number of hydrogen-bond donors (Lipinski definition) is 3. The van der Waals surface area contributed by atoms with Crippen LogP contribution in [0.25, 0.3) is 0 Å². The normalized spacial score (nSPS) is 14.6. The summed E-state index contributed by atoms with van der Waals surface area (Å²) in [6.45, 7) is 4.71. The molecule has 8 nitrogen and oxygen atoms in total. The van der Waals surface area contributed by atoms with Crippen molar-refractivity contribution in [2.75, 3.05) is 18.4 Å². The van der Waals surface area contributed by atoms with E-state index in [1.54, 1.807) is 42.2 Å². The molecule has 1 aromatic heterocycles. The van der Waals surface area contributed by atoms with Crippen LogP contribution in [0.3, 0.4) is 0 Å². The van der Waals surface area contributed by atoms with Crippen molar-refractivity contribution >= 4 is 23.5 Å². The van der Waals surface area contributed by atoms with Crippen LogP contribution in [0.15, 0.2) is 34.7 Å². The van der Waals surface area contributed by atoms with Gasteiger partial charge < -0.3 is 25.7 Å². The standard InChI is InChI=1S/C20H24N4O4/c1-12-11-17(13(2)28-12)18(25)22-16-7-9-24(10-8-16)19(26)14-3-5-15(6-4-14)23-20(21)27/h3-6,11,16H,7-10H2,1-2H3,(H,22,25)(H3,21,23,27). The molecule has 0 atom stereocenters. The van der Waals surface area contributed by atoms with E-state index in [1.165, 1.54) is 0 Å². The number of rotatable bonds is 4. The molecular formula is C20H24N4O4. The third kappa shape index (κ3) is 4.51. The molecule has 4 amide bonds. The van der Waals surface area contributed by atoms with Crippen LogP contribution in [-0.4, -0.2) is 41.9 Å². The third-order valence-electron chi connectivity index (χ3n) is 4.80. The lowest BCUT2D eigenvalue weighted by Crippen LogP contribution is -2.46. The number of nitrogens with two attached hydrogens (primary N) is 1. The van der Waals surface area contributed by atoms with Crippen molar-refractivity contribution < 1.29 is 18.8 Å². The number of carbonyl (C=O) groups excluding carboxylic acids is 3. The molecule has 3 rings (SSSR count). The van der Waals surface area contributed by atoms with Crippen LogP contribution in [0, 0.1) is 13.8 Å². The summed E-state index contributed by atoms with van der Waals surface area (Å²) in [5, 5.41) is 5.49. The number of aryl methyl sites for hydroxylation is 2. The van der Waals surface area contributed by atoms with Crippen LogP contribution >= 0.6 is 0 Å². The highest BCUT2D eigenvalue weighted by Gasteiger charge is 2.25. The fourth-order valence-electron chi connectivity index (χ4n) is 3.37. The maximum Gasteiger partial charge on any atom is 0.316 e. The van der Waals surface area contributed by atoms with Crippen LogP contribution in [0.1, 0.15) is 45.1 Å². The molecule has 2 heterocycles. The number of nitrogens with zero attached hydrogens (tertiary/aromatic N) is 1. The van der Waals surface area contributed by atoms with Crippen molar-refractivity contribution in [2.24, 2.45) is 5.73 Å². The Bertz CT molecular complexity index is 880. The first-order valence-electron chi connectivity index (χ1n) is 9.17. The van der Waals surface area contributed by atoms with E-state index in [0.29, 0.717) is 54.3 Å². The Morgan fingerprint density at radius 3 is 2.29 bits per heavy atom. The highest BCUT2D eigenvalue weighted by molar-refractivity contribution is 5.96. The summed E-state index contributed by atoms with van der Waals surface area (Å²) in [5.74, 6) is 1.10. The van der Waals surface area contributed by atoms with Gasteiger partial charge in [-0.15, -0.1) is 0 Å². The Labute approximate surface area is 163 Å². The number of nitrogens with one attached hydrogen (secondary N) is 2. The molecule has 1 saturated heterocycles. The van der Waals surface area contributed by atoms with E-state index in [-0.39, 0.29) is 17.9 Å². The van der Waals surface area contributed by atoms with Crippen molar-refractivity contribution in [1.29, 1.82) is 0 Å². The van der Waals surface area contributed by atoms with Gasteiger partial charge in [0.15, 0.2) is 0 Å². The van der Waals surface area contributed by atoms with Gasteiger partial charge in [-0.2, -0.15) is 0 Å². The smallest absolute Gasteiger partial charge is 0.316 e. The molecule has 1 aliphatic rings. The summed E-state index contributed by atoms with van der Waals surface area (Å²) < 4.78 is 5.41. The SMILES string of the molecule is Cc1cc(C(=O)NC2CCN(C(=O)c3ccc(NC(N)=O)cc3)CC2)c(C)o1. The number of carbonyl (C=O) groups is 3. The molecule has 0 unspecified atom stereocenters. The van der Waals surface area contributed by atoms with Crippen molar-refractivity contribution in [3.63, 3.8) is 0 Å². The number of primary amides is 1. The molecule has 0 saturated carbocycles. The number of likely N-dealkylation sites (tertiary alicyclic amines) is 1. The molecule has 1 aliphatic heterocycles. The summed E-state index contributed by atoms with van der Waals surface area (Å²) in [5.41, 5.74) is 6.71. The molecule has 0 bridgehead atoms. The lowest BCUT2D eigenvalue weighted by atomic mass is 10.0. The van der Waals surface area contributed by atoms with Crippen molar-refractivity contribution in [1.82, 2.24) is 10.2 Å². The molecule has 1 fully saturated rings. The summed E-state index contributed by atoms with van der Waals surface area (Å²) >= 11 is 0. The van der Waals surface area contributed by atoms with Crippen molar-refractivity contribution in [3.05, 3.63) is 53.0 Å². The average Bonchev–Trinajstić information content (AvgIpc) is 3.00. The van der Waals surface area contributed by atoms with Crippen LogP contribution in [0.4, 0.5) is 10.5 Å². The summed E-state index contributed by atoms with van der Waals surface area (Å²) in [7, 11) is 0. The van der Waals surface area contributed by atoms with E-state index in [9.17, 15) is 14.4 Å². The van der Waals surface area contributed by atoms with Gasteiger partial charge in [0.2, 0.25) is 0 Å². The summed E-state index contributed by atoms with van der Waals surface area (Å²) in [6.07, 6.45) is 1.38. The molecule has 28 heavy (non-hydrogen) atoms. The Morgan fingerprint density at radius 2 is 1.75 bits per heavy atom. The van der Waals surface area contributed by atoms with Crippen molar-refractivity contribution in [2.45, 2.75) is 32.7 Å². The minimum Gasteiger partial charge on any atom is -0.466 e. The Balaban J connectivity index is 1.53. The number of hydrogen-bond acceptors (Lipinski definition) is 4. The number of benzene rings is 1. The van der Waals surface area contributed by atoms with E-state index in [2.05, 4.69) is 10.6 Å². The topological polar surface area (TPSA) is 118 Å². The summed E-state index contributed by atoms with van der Waals surface area (Å²) in [6, 6.07) is 7.70. The zero-order valence-corrected chi connectivity index (χ0v) is 16.0. The second kappa shape index (κ2) is 8.16. The molecule has 0 spiro atoms. The van der Waals surface area contributed by atoms with Gasteiger partial charge in [-0.05, 0) is 57.0 Å². The molecule has 2 aromatic rings. The van der Waals surface area contributed by atoms with Gasteiger partial charge >= 0.3 is 6.03 Å². The van der Waals surface area contributed by atoms with Gasteiger partial charge in [0.25, 0.3) is 11.8 Å². The highest BCUT2D eigenvalue weighted by Crippen LogP contribution is 2.18. The predicted octanol–water partition coefficient (Wildman–Crippen LogP) is 2.42. The minimum absolute atomic E-state index is 0.0216. The van der Waals surface area contributed by atoms with Crippen LogP contribution < -0.4 is 16.4 Å². The van der Waals surface area contributed by atoms with E-state index in [1.807, 2.05) is 6.92 Å². The van der Waals surface area contributed by atoms with Crippen LogP contribution in [-0.2, 0) is 0 Å². The van der Waals surface area contributed by atoms with Gasteiger partial charge in [-0.25, -0.2) is 4.79 Å². The number of amides is 4. The Kier molecular flexibility index (Phi) is 5.67. The summed E-state index contributed by atoms with van der Waals surface area (Å²) in [4.78, 5) is 37.7. The van der Waals surface area contributed by atoms with Gasteiger partial charge in [0.1, 0.15) is 11.5 Å². The number of urea groups is 1. The van der Waals surface area contributed by atoms with Gasteiger partial charge in [-0.1, -0.05) is 0 Å². The van der Waals surface area contributed by atoms with Gasteiger partial charge in [0.05, 0.1) is 5.56 Å². The van der Waals surface area contributed by atoms with E-state index < -0.39 is 6.03 Å². The molecular weight excluding hydrogens is 360 g/mol. The second-order valence-corrected chi connectivity index (χ2v) is 6.93. The Morgan fingerprint density at radius 1 is 1.11 bits per heavy atom. The first-order valence-corrected chi connectivity index (χ1v) is 9.17. The van der Waals surface area contributed by atoms with Crippen LogP contribution in [0.5, 0.6) is 0 Å². The zero-order chi connectivity index (χ0) is 20.3. The highest BCUT2D eigenvalue weighted by atomic mass is 16.3. The monoisotopic (exact) mass is 384 g/mol. The Hall–Kier alpha value is -3.29. The molecule has 8 heteroatoms. The van der Waals surface area contributed by atoms with Gasteiger partial charge in [0, 0.05) is 30.4 Å². The first-order chi connectivity index (χ1) is 13.3. The molecule has 0 aliphatic carbocycles.